The molecule has 96 valence electrons. The third kappa shape index (κ3) is 2.92. The molecule has 0 fully saturated rings. The fraction of sp³-hybridized carbons (Fsp3) is 0.364. The van der Waals surface area contributed by atoms with E-state index in [-0.39, 0.29) is 0 Å². The van der Waals surface area contributed by atoms with E-state index in [1.807, 2.05) is 37.6 Å². The summed E-state index contributed by atoms with van der Waals surface area (Å²) >= 11 is 1.48. The minimum atomic E-state index is 0.488. The molecule has 0 aromatic carbocycles. The van der Waals surface area contributed by atoms with E-state index >= 15 is 0 Å². The van der Waals surface area contributed by atoms with E-state index in [2.05, 4.69) is 15.1 Å². The zero-order valence-electron chi connectivity index (χ0n) is 10.7. The lowest BCUT2D eigenvalue weighted by Gasteiger charge is -2.17. The maximum atomic E-state index is 5.76. The average molecular weight is 264 g/mol. The molecule has 0 aliphatic rings. The Balaban J connectivity index is 2.17. The predicted molar refractivity (Wildman–Crippen MR) is 73.5 cm³/mol. The average Bonchev–Trinajstić information content (AvgIpc) is 2.73. The fourth-order valence-electron chi connectivity index (χ4n) is 1.63. The van der Waals surface area contributed by atoms with Crippen LogP contribution in [0.4, 0.5) is 11.6 Å². The van der Waals surface area contributed by atoms with Crippen molar-refractivity contribution in [3.8, 4) is 0 Å². The first kappa shape index (κ1) is 12.7. The van der Waals surface area contributed by atoms with E-state index in [9.17, 15) is 0 Å². The van der Waals surface area contributed by atoms with Crippen LogP contribution in [0.25, 0.3) is 0 Å². The lowest BCUT2D eigenvalue weighted by atomic mass is 10.3. The molecule has 2 aromatic heterocycles. The summed E-state index contributed by atoms with van der Waals surface area (Å²) in [4.78, 5) is 10.6. The van der Waals surface area contributed by atoms with E-state index in [0.29, 0.717) is 11.0 Å². The third-order valence-electron chi connectivity index (χ3n) is 2.46. The number of thioether (sulfide) groups is 1. The molecule has 2 rings (SSSR count). The van der Waals surface area contributed by atoms with Crippen molar-refractivity contribution in [3.63, 3.8) is 0 Å². The van der Waals surface area contributed by atoms with E-state index in [0.717, 1.165) is 17.9 Å². The van der Waals surface area contributed by atoms with Gasteiger partial charge in [-0.2, -0.15) is 5.10 Å². The molecule has 0 radical (unpaired) electrons. The number of rotatable bonds is 4. The maximum Gasteiger partial charge on any atom is 0.191 e. The van der Waals surface area contributed by atoms with Crippen LogP contribution in [0.5, 0.6) is 0 Å². The zero-order chi connectivity index (χ0) is 13.1. The quantitative estimate of drug-likeness (QED) is 0.659. The van der Waals surface area contributed by atoms with Gasteiger partial charge in [0.2, 0.25) is 0 Å². The summed E-state index contributed by atoms with van der Waals surface area (Å²) < 4.78 is 1.78. The second-order valence-corrected chi connectivity index (χ2v) is 4.79. The molecule has 6 nitrogen and oxygen atoms in total. The van der Waals surface area contributed by atoms with Crippen LogP contribution in [-0.2, 0) is 13.6 Å². The van der Waals surface area contributed by atoms with Gasteiger partial charge in [0, 0.05) is 38.5 Å². The number of nitrogens with two attached hydrogens (primary N) is 1. The van der Waals surface area contributed by atoms with E-state index in [1.54, 1.807) is 10.7 Å². The number of aromatic nitrogens is 4. The van der Waals surface area contributed by atoms with Crippen molar-refractivity contribution < 1.29 is 0 Å². The highest BCUT2D eigenvalue weighted by Crippen LogP contribution is 2.19. The van der Waals surface area contributed by atoms with Gasteiger partial charge < -0.3 is 10.6 Å². The Labute approximate surface area is 110 Å². The molecule has 0 bridgehead atoms. The Hall–Kier alpha value is -1.76. The number of nitrogens with zero attached hydrogens (tertiary/aromatic N) is 5. The second kappa shape index (κ2) is 5.26. The van der Waals surface area contributed by atoms with Gasteiger partial charge in [-0.1, -0.05) is 11.8 Å². The number of aryl methyl sites for hydroxylation is 1. The van der Waals surface area contributed by atoms with E-state index in [4.69, 9.17) is 5.73 Å². The van der Waals surface area contributed by atoms with Crippen LogP contribution in [0.2, 0.25) is 0 Å². The molecule has 0 aliphatic heterocycles. The van der Waals surface area contributed by atoms with Crippen LogP contribution >= 0.6 is 11.8 Å². The first-order chi connectivity index (χ1) is 8.58. The molecule has 0 spiro atoms. The van der Waals surface area contributed by atoms with Crippen molar-refractivity contribution in [2.75, 3.05) is 23.9 Å². The van der Waals surface area contributed by atoms with E-state index in [1.165, 1.54) is 11.8 Å². The number of anilines is 2. The van der Waals surface area contributed by atoms with Crippen molar-refractivity contribution in [1.82, 2.24) is 19.7 Å². The van der Waals surface area contributed by atoms with Crippen LogP contribution in [0.15, 0.2) is 23.6 Å². The molecule has 7 heteroatoms. The van der Waals surface area contributed by atoms with Gasteiger partial charge in [0.15, 0.2) is 5.16 Å². The van der Waals surface area contributed by atoms with Crippen LogP contribution < -0.4 is 10.6 Å². The van der Waals surface area contributed by atoms with Crippen LogP contribution in [0.1, 0.15) is 5.56 Å². The van der Waals surface area contributed by atoms with Crippen molar-refractivity contribution in [2.45, 2.75) is 11.7 Å². The van der Waals surface area contributed by atoms with Gasteiger partial charge in [0.05, 0.1) is 6.20 Å². The van der Waals surface area contributed by atoms with Gasteiger partial charge in [-0.25, -0.2) is 9.97 Å². The molecule has 18 heavy (non-hydrogen) atoms. The Morgan fingerprint density at radius 3 is 2.83 bits per heavy atom. The second-order valence-electron chi connectivity index (χ2n) is 4.02. The topological polar surface area (TPSA) is 72.9 Å². The smallest absolute Gasteiger partial charge is 0.191 e. The highest BCUT2D eigenvalue weighted by molar-refractivity contribution is 7.98. The molecule has 0 saturated heterocycles. The van der Waals surface area contributed by atoms with Gasteiger partial charge >= 0.3 is 0 Å². The molecule has 0 aliphatic carbocycles. The summed E-state index contributed by atoms with van der Waals surface area (Å²) in [7, 11) is 3.87. The minimum Gasteiger partial charge on any atom is -0.383 e. The molecule has 0 atom stereocenters. The normalized spacial score (nSPS) is 10.6. The van der Waals surface area contributed by atoms with Gasteiger partial charge in [-0.3, -0.25) is 4.68 Å². The lowest BCUT2D eigenvalue weighted by molar-refractivity contribution is 0.766. The van der Waals surface area contributed by atoms with Crippen LogP contribution in [-0.4, -0.2) is 33.1 Å². The Kier molecular flexibility index (Phi) is 3.71. The molecule has 0 unspecified atom stereocenters. The summed E-state index contributed by atoms with van der Waals surface area (Å²) in [6.07, 6.45) is 5.76. The number of nitrogen functional groups attached to an aromatic ring is 1. The highest BCUT2D eigenvalue weighted by atomic mass is 32.2. The Morgan fingerprint density at radius 2 is 2.22 bits per heavy atom. The first-order valence-electron chi connectivity index (χ1n) is 5.45. The minimum absolute atomic E-state index is 0.488. The van der Waals surface area contributed by atoms with Gasteiger partial charge in [-0.15, -0.1) is 0 Å². The van der Waals surface area contributed by atoms with Crippen LogP contribution in [0.3, 0.4) is 0 Å². The molecular weight excluding hydrogens is 248 g/mol. The fourth-order valence-corrected chi connectivity index (χ4v) is 2.01. The number of hydrogen-bond acceptors (Lipinski definition) is 6. The summed E-state index contributed by atoms with van der Waals surface area (Å²) in [6.45, 7) is 0.734. The molecule has 0 saturated carbocycles. The molecule has 0 amide bonds. The van der Waals surface area contributed by atoms with Gasteiger partial charge in [-0.05, 0) is 6.26 Å². The van der Waals surface area contributed by atoms with Crippen molar-refractivity contribution >= 4 is 23.4 Å². The zero-order valence-corrected chi connectivity index (χ0v) is 11.5. The summed E-state index contributed by atoms with van der Waals surface area (Å²) in [5, 5.41) is 4.83. The van der Waals surface area contributed by atoms with Crippen molar-refractivity contribution in [3.05, 3.63) is 24.0 Å². The standard InChI is InChI=1S/C11H16N6S/c1-16(6-8-5-13-17(2)7-8)10-4-9(12)14-11(15-10)18-3/h4-5,7H,6H2,1-3H3,(H2,12,14,15). The third-order valence-corrected chi connectivity index (χ3v) is 3.01. The molecule has 2 N–H and O–H groups in total. The SMILES string of the molecule is CSc1nc(N)cc(N(C)Cc2cnn(C)c2)n1. The molecular formula is C11H16N6S. The monoisotopic (exact) mass is 264 g/mol. The van der Waals surface area contributed by atoms with Crippen molar-refractivity contribution in [1.29, 1.82) is 0 Å². The summed E-state index contributed by atoms with van der Waals surface area (Å²) in [5.74, 6) is 1.30. The van der Waals surface area contributed by atoms with Crippen molar-refractivity contribution in [2.24, 2.45) is 7.05 Å². The maximum absolute atomic E-state index is 5.76. The van der Waals surface area contributed by atoms with E-state index < -0.39 is 0 Å². The lowest BCUT2D eigenvalue weighted by Crippen LogP contribution is -2.18. The Morgan fingerprint density at radius 1 is 1.44 bits per heavy atom. The largest absolute Gasteiger partial charge is 0.383 e. The van der Waals surface area contributed by atoms with Crippen LogP contribution in [0, 0.1) is 0 Å². The summed E-state index contributed by atoms with van der Waals surface area (Å²) in [5.41, 5.74) is 6.89. The first-order valence-corrected chi connectivity index (χ1v) is 6.68. The molecule has 2 heterocycles. The van der Waals surface area contributed by atoms with Gasteiger partial charge in [0.25, 0.3) is 0 Å². The predicted octanol–water partition coefficient (Wildman–Crippen LogP) is 1.15. The summed E-state index contributed by atoms with van der Waals surface area (Å²) in [6, 6.07) is 1.77. The highest BCUT2D eigenvalue weighted by Gasteiger charge is 2.08. The van der Waals surface area contributed by atoms with Gasteiger partial charge in [0.1, 0.15) is 11.6 Å². The Bertz CT molecular complexity index is 538. The number of hydrogen-bond donors (Lipinski definition) is 1. The molecule has 2 aromatic rings.